The predicted octanol–water partition coefficient (Wildman–Crippen LogP) is 1.92. The van der Waals surface area contributed by atoms with Crippen molar-refractivity contribution in [1.29, 1.82) is 0 Å². The molecule has 2 aromatic rings. The van der Waals surface area contributed by atoms with Crippen LogP contribution in [0.3, 0.4) is 0 Å². The molecule has 1 N–H and O–H groups in total. The summed E-state index contributed by atoms with van der Waals surface area (Å²) in [6, 6.07) is 7.24. The second-order valence-electron chi connectivity index (χ2n) is 5.89. The Morgan fingerprint density at radius 2 is 1.81 bits per heavy atom. The molecule has 0 unspecified atom stereocenters. The molecule has 1 aromatic carbocycles. The van der Waals surface area contributed by atoms with Gasteiger partial charge in [-0.3, -0.25) is 18.7 Å². The van der Waals surface area contributed by atoms with E-state index in [4.69, 9.17) is 12.2 Å². The number of likely N-dealkylation sites (N-methyl/N-ethyl adjacent to an activating group) is 1. The fraction of sp³-hybridized carbons (Fsp3) is 0.278. The first-order valence-electron chi connectivity index (χ1n) is 8.47. The lowest BCUT2D eigenvalue weighted by Crippen LogP contribution is -2.28. The molecule has 0 aliphatic carbocycles. The van der Waals surface area contributed by atoms with E-state index < -0.39 is 5.56 Å². The number of nitrogens with zero attached hydrogens (tertiary/aromatic N) is 5. The van der Waals surface area contributed by atoms with E-state index in [-0.39, 0.29) is 27.8 Å². The summed E-state index contributed by atoms with van der Waals surface area (Å²) >= 11 is 5.24. The molecule has 2 heterocycles. The molecule has 140 valence electrons. The quantitative estimate of drug-likeness (QED) is 0.494. The van der Waals surface area contributed by atoms with Crippen molar-refractivity contribution < 1.29 is 9.90 Å². The van der Waals surface area contributed by atoms with E-state index >= 15 is 0 Å². The molecule has 27 heavy (non-hydrogen) atoms. The van der Waals surface area contributed by atoms with Crippen LogP contribution in [-0.2, 0) is 17.9 Å². The third-order valence-corrected chi connectivity index (χ3v) is 4.88. The average Bonchev–Trinajstić information content (AvgIpc) is 2.90. The topological polar surface area (TPSA) is 92.2 Å². The van der Waals surface area contributed by atoms with Gasteiger partial charge in [0.2, 0.25) is 5.88 Å². The van der Waals surface area contributed by atoms with Gasteiger partial charge in [-0.05, 0) is 32.1 Å². The smallest absolute Gasteiger partial charge is 0.279 e. The van der Waals surface area contributed by atoms with Crippen molar-refractivity contribution >= 4 is 35.7 Å². The summed E-state index contributed by atoms with van der Waals surface area (Å²) in [7, 11) is 1.66. The molecule has 0 spiro atoms. The molecule has 0 radical (unpaired) electrons. The Morgan fingerprint density at radius 3 is 2.48 bits per heavy atom. The van der Waals surface area contributed by atoms with Crippen LogP contribution in [0.4, 0.5) is 5.69 Å². The van der Waals surface area contributed by atoms with Crippen molar-refractivity contribution in [3.63, 3.8) is 0 Å². The van der Waals surface area contributed by atoms with Gasteiger partial charge in [0, 0.05) is 25.7 Å². The summed E-state index contributed by atoms with van der Waals surface area (Å²) in [4.78, 5) is 26.4. The van der Waals surface area contributed by atoms with Gasteiger partial charge in [0.05, 0.1) is 11.9 Å². The maximum absolute atomic E-state index is 12.6. The fourth-order valence-electron chi connectivity index (χ4n) is 2.98. The highest BCUT2D eigenvalue weighted by Gasteiger charge is 2.31. The minimum atomic E-state index is -0.455. The third-order valence-electron chi connectivity index (χ3n) is 4.44. The van der Waals surface area contributed by atoms with Crippen LogP contribution < -0.4 is 10.5 Å². The molecule has 8 nitrogen and oxygen atoms in total. The summed E-state index contributed by atoms with van der Waals surface area (Å²) in [6.07, 6.45) is 1.16. The number of carbonyl (C=O) groups excluding carboxylic acids is 1. The van der Waals surface area contributed by atoms with Crippen LogP contribution in [0.15, 0.2) is 39.3 Å². The molecule has 1 aromatic heterocycles. The Morgan fingerprint density at radius 1 is 1.15 bits per heavy atom. The van der Waals surface area contributed by atoms with Crippen LogP contribution in [0.25, 0.3) is 0 Å². The van der Waals surface area contributed by atoms with Gasteiger partial charge in [-0.25, -0.2) is 0 Å². The van der Waals surface area contributed by atoms with E-state index in [1.165, 1.54) is 14.0 Å². The van der Waals surface area contributed by atoms with E-state index in [9.17, 15) is 14.7 Å². The molecule has 0 fully saturated rings. The number of hydrogen-bond acceptors (Lipinski definition) is 6. The third kappa shape index (κ3) is 2.99. The Kier molecular flexibility index (Phi) is 5.04. The molecule has 0 atom stereocenters. The number of rotatable bonds is 4. The summed E-state index contributed by atoms with van der Waals surface area (Å²) in [5.41, 5.74) is 1.12. The van der Waals surface area contributed by atoms with Gasteiger partial charge in [0.1, 0.15) is 5.56 Å². The molecule has 3 rings (SSSR count). The Hall–Kier alpha value is -3.07. The van der Waals surface area contributed by atoms with Gasteiger partial charge < -0.3 is 10.0 Å². The van der Waals surface area contributed by atoms with Crippen molar-refractivity contribution in [2.24, 2.45) is 10.2 Å². The van der Waals surface area contributed by atoms with E-state index in [0.717, 1.165) is 11.9 Å². The van der Waals surface area contributed by atoms with Crippen LogP contribution in [0.5, 0.6) is 5.88 Å². The largest absolute Gasteiger partial charge is 0.494 e. The second-order valence-corrected chi connectivity index (χ2v) is 6.25. The molecule has 0 saturated heterocycles. The molecular weight excluding hydrogens is 366 g/mol. The lowest BCUT2D eigenvalue weighted by Gasteiger charge is -2.13. The zero-order chi connectivity index (χ0) is 19.7. The fourth-order valence-corrected chi connectivity index (χ4v) is 3.40. The zero-order valence-electron chi connectivity index (χ0n) is 15.2. The summed E-state index contributed by atoms with van der Waals surface area (Å²) in [6.45, 7) is 4.37. The van der Waals surface area contributed by atoms with Crippen LogP contribution in [-0.4, -0.2) is 39.1 Å². The molecule has 0 bridgehead atoms. The predicted molar refractivity (Wildman–Crippen MR) is 107 cm³/mol. The maximum Gasteiger partial charge on any atom is 0.279 e. The molecule has 9 heteroatoms. The number of anilines is 1. The Balaban J connectivity index is 2.08. The number of amides is 1. The first-order valence-corrected chi connectivity index (χ1v) is 8.88. The van der Waals surface area contributed by atoms with E-state index in [1.807, 2.05) is 25.1 Å². The average molecular weight is 385 g/mol. The van der Waals surface area contributed by atoms with Crippen LogP contribution in [0.2, 0.25) is 0 Å². The molecular formula is C18H19N5O3S. The highest BCUT2D eigenvalue weighted by Crippen LogP contribution is 2.27. The van der Waals surface area contributed by atoms with Crippen molar-refractivity contribution in [3.8, 4) is 5.88 Å². The number of fused-ring (bicyclic) bond motifs is 1. The number of aromatic hydroxyl groups is 1. The summed E-state index contributed by atoms with van der Waals surface area (Å²) < 4.78 is 3.06. The number of hydrogen-bond donors (Lipinski definition) is 1. The number of aromatic nitrogens is 2. The normalized spacial score (nSPS) is 15.1. The Labute approximate surface area is 160 Å². The minimum absolute atomic E-state index is 0.0243. The highest BCUT2D eigenvalue weighted by molar-refractivity contribution is 7.71. The monoisotopic (exact) mass is 385 g/mol. The van der Waals surface area contributed by atoms with E-state index in [0.29, 0.717) is 18.7 Å². The molecule has 1 amide bonds. The van der Waals surface area contributed by atoms with Crippen molar-refractivity contribution in [2.75, 3.05) is 11.9 Å². The standard InChI is InChI=1S/C18H19N5O3S/c1-4-22-15(24)12(16(25)23(5-2)18(22)27)10-19-20-14-11-8-6-7-9-13(11)21(3)17(14)26/h6-10,24H,4-5H2,1-3H3. The van der Waals surface area contributed by atoms with Gasteiger partial charge in [-0.2, -0.15) is 5.10 Å². The lowest BCUT2D eigenvalue weighted by atomic mass is 10.1. The van der Waals surface area contributed by atoms with Gasteiger partial charge in [0.25, 0.3) is 11.5 Å². The van der Waals surface area contributed by atoms with Gasteiger partial charge >= 0.3 is 0 Å². The maximum atomic E-state index is 12.6. The highest BCUT2D eigenvalue weighted by atomic mass is 32.1. The zero-order valence-corrected chi connectivity index (χ0v) is 16.0. The first-order chi connectivity index (χ1) is 12.9. The SMILES string of the molecule is CCn1c(O)c(C=NN=C2C(=O)N(C)c3ccccc32)c(=O)n(CC)c1=S. The van der Waals surface area contributed by atoms with Crippen molar-refractivity contribution in [3.05, 3.63) is 50.5 Å². The minimum Gasteiger partial charge on any atom is -0.494 e. The lowest BCUT2D eigenvalue weighted by molar-refractivity contribution is -0.111. The summed E-state index contributed by atoms with van der Waals surface area (Å²) in [5.74, 6) is -0.551. The van der Waals surface area contributed by atoms with Crippen molar-refractivity contribution in [1.82, 2.24) is 9.13 Å². The molecule has 1 aliphatic heterocycles. The number of benzene rings is 1. The summed E-state index contributed by atoms with van der Waals surface area (Å²) in [5, 5.41) is 18.3. The van der Waals surface area contributed by atoms with E-state index in [2.05, 4.69) is 10.2 Å². The van der Waals surface area contributed by atoms with Gasteiger partial charge in [-0.1, -0.05) is 18.2 Å². The second kappa shape index (κ2) is 7.28. The van der Waals surface area contributed by atoms with Crippen molar-refractivity contribution in [2.45, 2.75) is 26.9 Å². The van der Waals surface area contributed by atoms with Gasteiger partial charge in [0.15, 0.2) is 10.5 Å². The first kappa shape index (κ1) is 18.7. The number of para-hydroxylation sites is 1. The van der Waals surface area contributed by atoms with Crippen LogP contribution >= 0.6 is 12.2 Å². The Bertz CT molecular complexity index is 1100. The van der Waals surface area contributed by atoms with Crippen LogP contribution in [0, 0.1) is 4.77 Å². The number of carbonyl (C=O) groups is 1. The van der Waals surface area contributed by atoms with E-state index in [1.54, 1.807) is 20.0 Å². The molecule has 0 saturated carbocycles. The van der Waals surface area contributed by atoms with Crippen LogP contribution in [0.1, 0.15) is 25.0 Å². The van der Waals surface area contributed by atoms with Gasteiger partial charge in [-0.15, -0.1) is 5.10 Å². The molecule has 1 aliphatic rings.